The molecule has 0 N–H and O–H groups in total. The molecule has 0 spiro atoms. The molecule has 1 aliphatic heterocycles. The molecule has 100 valence electrons. The number of ether oxygens (including phenoxy) is 1. The Labute approximate surface area is 109 Å². The van der Waals surface area contributed by atoms with Crippen LogP contribution < -0.4 is 4.74 Å². The lowest BCUT2D eigenvalue weighted by Gasteiger charge is -2.37. The molecule has 1 aromatic carbocycles. The zero-order chi connectivity index (χ0) is 13.0. The van der Waals surface area contributed by atoms with Crippen molar-refractivity contribution in [2.75, 3.05) is 32.9 Å². The Morgan fingerprint density at radius 2 is 1.94 bits per heavy atom. The van der Waals surface area contributed by atoms with Crippen molar-refractivity contribution in [3.63, 3.8) is 0 Å². The van der Waals surface area contributed by atoms with Gasteiger partial charge in [-0.3, -0.25) is 9.29 Å². The van der Waals surface area contributed by atoms with Gasteiger partial charge in [-0.25, -0.2) is 0 Å². The first-order valence-corrected chi connectivity index (χ1v) is 6.70. The summed E-state index contributed by atoms with van der Waals surface area (Å²) in [6, 6.07) is 8.27. The molecule has 0 aliphatic carbocycles. The molecule has 1 heterocycles. The number of nitrogens with zero attached hydrogens (tertiary/aromatic N) is 1. The molecule has 2 nitrogen and oxygen atoms in total. The van der Waals surface area contributed by atoms with E-state index in [0.717, 1.165) is 25.4 Å². The van der Waals surface area contributed by atoms with Gasteiger partial charge in [0.2, 0.25) is 0 Å². The van der Waals surface area contributed by atoms with Crippen molar-refractivity contribution < 1.29 is 9.13 Å². The molecule has 1 aromatic rings. The molecular weight excluding hydrogens is 229 g/mol. The smallest absolute Gasteiger partial charge is 0.119 e. The minimum atomic E-state index is -0.186. The van der Waals surface area contributed by atoms with E-state index in [9.17, 15) is 4.39 Å². The Morgan fingerprint density at radius 3 is 2.50 bits per heavy atom. The van der Waals surface area contributed by atoms with Gasteiger partial charge < -0.3 is 4.74 Å². The molecule has 0 atom stereocenters. The topological polar surface area (TPSA) is 12.5 Å². The summed E-state index contributed by atoms with van der Waals surface area (Å²) in [5, 5.41) is 0. The average molecular weight is 251 g/mol. The van der Waals surface area contributed by atoms with Gasteiger partial charge in [0.05, 0.1) is 6.67 Å². The highest BCUT2D eigenvalue weighted by molar-refractivity contribution is 5.28. The highest BCUT2D eigenvalue weighted by atomic mass is 19.1. The molecule has 3 heteroatoms. The first-order valence-electron chi connectivity index (χ1n) is 6.70. The second kappa shape index (κ2) is 6.19. The van der Waals surface area contributed by atoms with Crippen molar-refractivity contribution >= 4 is 0 Å². The highest BCUT2D eigenvalue weighted by Gasteiger charge is 2.25. The van der Waals surface area contributed by atoms with E-state index in [1.54, 1.807) is 0 Å². The van der Waals surface area contributed by atoms with Crippen molar-refractivity contribution in [3.05, 3.63) is 29.8 Å². The summed E-state index contributed by atoms with van der Waals surface area (Å²) in [5.41, 5.74) is 1.33. The van der Waals surface area contributed by atoms with E-state index in [-0.39, 0.29) is 12.6 Å². The van der Waals surface area contributed by atoms with Crippen LogP contribution in [-0.4, -0.2) is 37.8 Å². The summed E-state index contributed by atoms with van der Waals surface area (Å²) in [6.45, 7) is 7.51. The molecule has 0 aromatic heterocycles. The van der Waals surface area contributed by atoms with Crippen LogP contribution in [0, 0.1) is 5.92 Å². The number of rotatable bonds is 6. The Morgan fingerprint density at radius 1 is 1.28 bits per heavy atom. The van der Waals surface area contributed by atoms with Crippen molar-refractivity contribution in [1.29, 1.82) is 0 Å². The molecule has 0 saturated carbocycles. The quantitative estimate of drug-likeness (QED) is 0.770. The number of alkyl halides is 1. The molecule has 0 unspecified atom stereocenters. The number of likely N-dealkylation sites (tertiary alicyclic amines) is 1. The van der Waals surface area contributed by atoms with E-state index in [1.165, 1.54) is 5.56 Å². The van der Waals surface area contributed by atoms with E-state index in [2.05, 4.69) is 30.9 Å². The summed E-state index contributed by atoms with van der Waals surface area (Å²) >= 11 is 0. The third-order valence-corrected chi connectivity index (χ3v) is 3.47. The van der Waals surface area contributed by atoms with E-state index < -0.39 is 0 Å². The fourth-order valence-corrected chi connectivity index (χ4v) is 2.20. The van der Waals surface area contributed by atoms with Crippen LogP contribution in [0.2, 0.25) is 0 Å². The number of hydrogen-bond acceptors (Lipinski definition) is 2. The predicted molar refractivity (Wildman–Crippen MR) is 71.9 cm³/mol. The van der Waals surface area contributed by atoms with Gasteiger partial charge in [0, 0.05) is 25.6 Å². The Bertz CT molecular complexity index is 357. The minimum absolute atomic E-state index is 0.186. The van der Waals surface area contributed by atoms with Gasteiger partial charge in [0.1, 0.15) is 12.4 Å². The molecule has 0 amide bonds. The first kappa shape index (κ1) is 13.3. The predicted octanol–water partition coefficient (Wildman–Crippen LogP) is 3.09. The van der Waals surface area contributed by atoms with Crippen LogP contribution in [0.5, 0.6) is 5.75 Å². The number of halogens is 1. The fourth-order valence-electron chi connectivity index (χ4n) is 2.20. The lowest BCUT2D eigenvalue weighted by atomic mass is 10.0. The van der Waals surface area contributed by atoms with Crippen molar-refractivity contribution in [1.82, 2.24) is 4.90 Å². The molecular formula is C15H22FNO. The normalized spacial score (nSPS) is 16.9. The zero-order valence-electron chi connectivity index (χ0n) is 11.2. The van der Waals surface area contributed by atoms with Crippen LogP contribution >= 0.6 is 0 Å². The summed E-state index contributed by atoms with van der Waals surface area (Å²) < 4.78 is 17.9. The maximum absolute atomic E-state index is 12.2. The van der Waals surface area contributed by atoms with Gasteiger partial charge in [-0.1, -0.05) is 26.0 Å². The molecule has 2 rings (SSSR count). The Balaban J connectivity index is 1.67. The maximum Gasteiger partial charge on any atom is 0.119 e. The van der Waals surface area contributed by atoms with E-state index in [0.29, 0.717) is 12.5 Å². The van der Waals surface area contributed by atoms with Gasteiger partial charge in [0.25, 0.3) is 0 Å². The van der Waals surface area contributed by atoms with Gasteiger partial charge in [-0.05, 0) is 23.6 Å². The van der Waals surface area contributed by atoms with E-state index in [1.807, 2.05) is 12.1 Å². The fraction of sp³-hybridized carbons (Fsp3) is 0.600. The molecule has 0 bridgehead atoms. The van der Waals surface area contributed by atoms with Crippen LogP contribution in [0.15, 0.2) is 24.3 Å². The SMILES string of the molecule is CC(C)c1ccc(OCCN2CC(CF)C2)cc1. The molecule has 18 heavy (non-hydrogen) atoms. The Hall–Kier alpha value is -1.09. The van der Waals surface area contributed by atoms with Gasteiger partial charge in [0.15, 0.2) is 0 Å². The summed E-state index contributed by atoms with van der Waals surface area (Å²) in [5.74, 6) is 1.73. The lowest BCUT2D eigenvalue weighted by Crippen LogP contribution is -2.49. The first-order chi connectivity index (χ1) is 8.69. The molecule has 0 radical (unpaired) electrons. The maximum atomic E-state index is 12.2. The summed E-state index contributed by atoms with van der Waals surface area (Å²) in [4.78, 5) is 2.23. The monoisotopic (exact) mass is 251 g/mol. The third kappa shape index (κ3) is 3.45. The van der Waals surface area contributed by atoms with Crippen molar-refractivity contribution in [2.24, 2.45) is 5.92 Å². The van der Waals surface area contributed by atoms with Gasteiger partial charge in [-0.2, -0.15) is 0 Å². The molecule has 1 aliphatic rings. The molecule has 1 fully saturated rings. The van der Waals surface area contributed by atoms with E-state index in [4.69, 9.17) is 4.74 Å². The highest BCUT2D eigenvalue weighted by Crippen LogP contribution is 2.19. The minimum Gasteiger partial charge on any atom is -0.492 e. The van der Waals surface area contributed by atoms with Crippen molar-refractivity contribution in [3.8, 4) is 5.75 Å². The summed E-state index contributed by atoms with van der Waals surface area (Å²) in [7, 11) is 0. The standard InChI is InChI=1S/C15H22FNO/c1-12(2)14-3-5-15(6-4-14)18-8-7-17-10-13(9-16)11-17/h3-6,12-13H,7-11H2,1-2H3. The average Bonchev–Trinajstić information content (AvgIpc) is 2.32. The Kier molecular flexibility index (Phi) is 4.59. The second-order valence-corrected chi connectivity index (χ2v) is 5.35. The largest absolute Gasteiger partial charge is 0.492 e. The van der Waals surface area contributed by atoms with Crippen LogP contribution in [0.4, 0.5) is 4.39 Å². The zero-order valence-corrected chi connectivity index (χ0v) is 11.2. The summed E-state index contributed by atoms with van der Waals surface area (Å²) in [6.07, 6.45) is 0. The van der Waals surface area contributed by atoms with E-state index >= 15 is 0 Å². The second-order valence-electron chi connectivity index (χ2n) is 5.35. The number of hydrogen-bond donors (Lipinski definition) is 0. The van der Waals surface area contributed by atoms with Crippen LogP contribution in [0.25, 0.3) is 0 Å². The van der Waals surface area contributed by atoms with Crippen LogP contribution in [0.3, 0.4) is 0 Å². The van der Waals surface area contributed by atoms with Gasteiger partial charge >= 0.3 is 0 Å². The van der Waals surface area contributed by atoms with Crippen LogP contribution in [0.1, 0.15) is 25.3 Å². The third-order valence-electron chi connectivity index (χ3n) is 3.47. The van der Waals surface area contributed by atoms with Gasteiger partial charge in [-0.15, -0.1) is 0 Å². The van der Waals surface area contributed by atoms with Crippen LogP contribution in [-0.2, 0) is 0 Å². The lowest BCUT2D eigenvalue weighted by molar-refractivity contribution is 0.0668. The van der Waals surface area contributed by atoms with Crippen molar-refractivity contribution in [2.45, 2.75) is 19.8 Å². The number of benzene rings is 1. The molecule has 1 saturated heterocycles.